The summed E-state index contributed by atoms with van der Waals surface area (Å²) in [6.45, 7) is 3.56. The van der Waals surface area contributed by atoms with E-state index < -0.39 is 0 Å². The molecule has 2 atom stereocenters. The van der Waals surface area contributed by atoms with Gasteiger partial charge < -0.3 is 5.32 Å². The van der Waals surface area contributed by atoms with Crippen molar-refractivity contribution in [1.82, 2.24) is 5.32 Å². The summed E-state index contributed by atoms with van der Waals surface area (Å²) in [5.74, 6) is 2.77. The molecule has 1 heterocycles. The van der Waals surface area contributed by atoms with Crippen LogP contribution in [0.15, 0.2) is 0 Å². The molecular weight excluding hydrogens is 110 g/mol. The fourth-order valence-corrected chi connectivity index (χ4v) is 2.02. The Morgan fingerprint density at radius 1 is 1.56 bits per heavy atom. The summed E-state index contributed by atoms with van der Waals surface area (Å²) < 4.78 is 0. The van der Waals surface area contributed by atoms with Crippen molar-refractivity contribution in [3.8, 4) is 0 Å². The van der Waals surface area contributed by atoms with E-state index in [1.165, 1.54) is 25.8 Å². The highest BCUT2D eigenvalue weighted by Crippen LogP contribution is 2.37. The molecule has 1 nitrogen and oxygen atoms in total. The summed E-state index contributed by atoms with van der Waals surface area (Å²) in [6.07, 6.45) is 4.28. The minimum absolute atomic E-state index is 0.726. The van der Waals surface area contributed by atoms with Crippen LogP contribution in [0.4, 0.5) is 0 Å². The average Bonchev–Trinajstić information content (AvgIpc) is 2.25. The van der Waals surface area contributed by atoms with Crippen molar-refractivity contribution in [3.63, 3.8) is 0 Å². The molecule has 0 amide bonds. The number of hydrogen-bond acceptors (Lipinski definition) is 1. The van der Waals surface area contributed by atoms with Crippen molar-refractivity contribution < 1.29 is 0 Å². The normalized spacial score (nSPS) is 43.7. The molecule has 0 aromatic heterocycles. The second-order valence-electron chi connectivity index (χ2n) is 3.40. The average molecular weight is 124 g/mol. The standard InChI is InChI=1S/C8H14N/c1-6-8-3-2-7(4-8)5-9-6/h6-7,9H,2-5H2,1H3. The number of rotatable bonds is 0. The van der Waals surface area contributed by atoms with Crippen molar-refractivity contribution in [2.75, 3.05) is 6.54 Å². The van der Waals surface area contributed by atoms with Crippen molar-refractivity contribution >= 4 is 0 Å². The zero-order valence-corrected chi connectivity index (χ0v) is 5.98. The first-order chi connectivity index (χ1) is 4.36. The third-order valence-corrected chi connectivity index (χ3v) is 2.75. The molecule has 2 bridgehead atoms. The van der Waals surface area contributed by atoms with Crippen LogP contribution >= 0.6 is 0 Å². The molecule has 2 unspecified atom stereocenters. The van der Waals surface area contributed by atoms with Crippen LogP contribution in [0.3, 0.4) is 0 Å². The summed E-state index contributed by atoms with van der Waals surface area (Å²) in [5.41, 5.74) is 0. The molecule has 0 aromatic rings. The molecule has 2 fully saturated rings. The Bertz CT molecular complexity index is 111. The molecule has 0 spiro atoms. The van der Waals surface area contributed by atoms with E-state index in [0.29, 0.717) is 0 Å². The van der Waals surface area contributed by atoms with E-state index in [9.17, 15) is 0 Å². The van der Waals surface area contributed by atoms with Crippen LogP contribution in [0.25, 0.3) is 0 Å². The number of nitrogens with one attached hydrogen (secondary N) is 1. The molecule has 1 radical (unpaired) electrons. The Labute approximate surface area is 56.8 Å². The zero-order valence-electron chi connectivity index (χ0n) is 5.98. The summed E-state index contributed by atoms with van der Waals surface area (Å²) >= 11 is 0. The number of hydrogen-bond donors (Lipinski definition) is 1. The van der Waals surface area contributed by atoms with Gasteiger partial charge >= 0.3 is 0 Å². The number of piperidine rings is 1. The Kier molecular flexibility index (Phi) is 1.26. The first-order valence-corrected chi connectivity index (χ1v) is 3.94. The highest BCUT2D eigenvalue weighted by Gasteiger charge is 2.33. The van der Waals surface area contributed by atoms with Gasteiger partial charge in [0.25, 0.3) is 0 Å². The van der Waals surface area contributed by atoms with Crippen molar-refractivity contribution in [3.05, 3.63) is 5.92 Å². The lowest BCUT2D eigenvalue weighted by Crippen LogP contribution is -2.37. The molecule has 1 aliphatic carbocycles. The lowest BCUT2D eigenvalue weighted by Gasteiger charge is -2.26. The summed E-state index contributed by atoms with van der Waals surface area (Å²) in [4.78, 5) is 0. The van der Waals surface area contributed by atoms with Gasteiger partial charge in [-0.15, -0.1) is 0 Å². The van der Waals surface area contributed by atoms with E-state index in [1.807, 2.05) is 0 Å². The van der Waals surface area contributed by atoms with Crippen molar-refractivity contribution in [1.29, 1.82) is 0 Å². The van der Waals surface area contributed by atoms with Gasteiger partial charge in [-0.25, -0.2) is 0 Å². The van der Waals surface area contributed by atoms with Crippen LogP contribution in [-0.2, 0) is 0 Å². The van der Waals surface area contributed by atoms with Gasteiger partial charge in [0.15, 0.2) is 0 Å². The SMILES string of the molecule is CC1NCC2CC[C]1C2. The van der Waals surface area contributed by atoms with Gasteiger partial charge in [0.05, 0.1) is 0 Å². The maximum Gasteiger partial charge on any atom is 0.0101 e. The van der Waals surface area contributed by atoms with Crippen molar-refractivity contribution in [2.24, 2.45) is 5.92 Å². The van der Waals surface area contributed by atoms with Gasteiger partial charge in [-0.05, 0) is 44.6 Å². The van der Waals surface area contributed by atoms with E-state index in [-0.39, 0.29) is 0 Å². The maximum atomic E-state index is 3.51. The molecule has 1 N–H and O–H groups in total. The summed E-state index contributed by atoms with van der Waals surface area (Å²) in [6, 6.07) is 0.726. The maximum absolute atomic E-state index is 3.51. The monoisotopic (exact) mass is 124 g/mol. The van der Waals surface area contributed by atoms with Gasteiger partial charge in [0, 0.05) is 6.04 Å². The van der Waals surface area contributed by atoms with Crippen LogP contribution in [0, 0.1) is 11.8 Å². The topological polar surface area (TPSA) is 12.0 Å². The molecule has 1 heteroatoms. The number of fused-ring (bicyclic) bond motifs is 2. The largest absolute Gasteiger partial charge is 0.313 e. The van der Waals surface area contributed by atoms with Gasteiger partial charge in [-0.1, -0.05) is 0 Å². The predicted molar refractivity (Wildman–Crippen MR) is 38.0 cm³/mol. The predicted octanol–water partition coefficient (Wildman–Crippen LogP) is 1.35. The van der Waals surface area contributed by atoms with E-state index in [2.05, 4.69) is 12.2 Å². The van der Waals surface area contributed by atoms with Gasteiger partial charge in [-0.3, -0.25) is 0 Å². The molecule has 1 saturated heterocycles. The van der Waals surface area contributed by atoms with Crippen LogP contribution in [-0.4, -0.2) is 12.6 Å². The summed E-state index contributed by atoms with van der Waals surface area (Å²) in [5, 5.41) is 3.51. The molecule has 1 saturated carbocycles. The Morgan fingerprint density at radius 3 is 3.22 bits per heavy atom. The van der Waals surface area contributed by atoms with Crippen LogP contribution in [0.5, 0.6) is 0 Å². The van der Waals surface area contributed by atoms with Gasteiger partial charge in [0.1, 0.15) is 0 Å². The van der Waals surface area contributed by atoms with E-state index in [0.717, 1.165) is 12.0 Å². The molecule has 9 heavy (non-hydrogen) atoms. The third-order valence-electron chi connectivity index (χ3n) is 2.75. The Hall–Kier alpha value is -0.0400. The van der Waals surface area contributed by atoms with Gasteiger partial charge in [-0.2, -0.15) is 0 Å². The van der Waals surface area contributed by atoms with Crippen molar-refractivity contribution in [2.45, 2.75) is 32.2 Å². The van der Waals surface area contributed by atoms with Crippen LogP contribution < -0.4 is 5.32 Å². The first kappa shape index (κ1) is 5.72. The van der Waals surface area contributed by atoms with Gasteiger partial charge in [0.2, 0.25) is 0 Å². The van der Waals surface area contributed by atoms with E-state index in [4.69, 9.17) is 0 Å². The fraction of sp³-hybridized carbons (Fsp3) is 0.875. The highest BCUT2D eigenvalue weighted by molar-refractivity contribution is 5.09. The third kappa shape index (κ3) is 0.877. The van der Waals surface area contributed by atoms with E-state index in [1.54, 1.807) is 5.92 Å². The molecule has 2 aliphatic rings. The fourth-order valence-electron chi connectivity index (χ4n) is 2.02. The zero-order chi connectivity index (χ0) is 6.27. The minimum Gasteiger partial charge on any atom is -0.313 e. The van der Waals surface area contributed by atoms with Crippen LogP contribution in [0.2, 0.25) is 0 Å². The molecule has 2 rings (SSSR count). The first-order valence-electron chi connectivity index (χ1n) is 3.94. The van der Waals surface area contributed by atoms with Crippen LogP contribution in [0.1, 0.15) is 26.2 Å². The molecule has 1 aliphatic heterocycles. The molecular formula is C8H14N. The second kappa shape index (κ2) is 1.98. The lowest BCUT2D eigenvalue weighted by atomic mass is 9.94. The smallest absolute Gasteiger partial charge is 0.0101 e. The quantitative estimate of drug-likeness (QED) is 0.514. The summed E-state index contributed by atoms with van der Waals surface area (Å²) in [7, 11) is 0. The molecule has 0 aromatic carbocycles. The molecule has 51 valence electrons. The van der Waals surface area contributed by atoms with E-state index >= 15 is 0 Å². The second-order valence-corrected chi connectivity index (χ2v) is 3.40. The lowest BCUT2D eigenvalue weighted by molar-refractivity contribution is 0.410. The minimum atomic E-state index is 0.726. The Morgan fingerprint density at radius 2 is 2.44 bits per heavy atom. The Balaban J connectivity index is 2.05. The highest BCUT2D eigenvalue weighted by atomic mass is 14.9.